The molecule has 0 fully saturated rings. The lowest BCUT2D eigenvalue weighted by molar-refractivity contribution is 0.567. The van der Waals surface area contributed by atoms with Crippen LogP contribution in [0.3, 0.4) is 0 Å². The first kappa shape index (κ1) is 16.1. The molecule has 0 saturated heterocycles. The zero-order valence-electron chi connectivity index (χ0n) is 11.7. The summed E-state index contributed by atoms with van der Waals surface area (Å²) in [5.41, 5.74) is 1.06. The highest BCUT2D eigenvalue weighted by molar-refractivity contribution is 7.89. The molecule has 0 radical (unpaired) electrons. The van der Waals surface area contributed by atoms with Gasteiger partial charge in [0.15, 0.2) is 0 Å². The number of rotatable bonds is 6. The minimum Gasteiger partial charge on any atom is -0.225 e. The molecule has 0 spiro atoms. The maximum absolute atomic E-state index is 14.0. The van der Waals surface area contributed by atoms with Crippen LogP contribution in [0.25, 0.3) is 0 Å². The van der Waals surface area contributed by atoms with Gasteiger partial charge >= 0.3 is 0 Å². The summed E-state index contributed by atoms with van der Waals surface area (Å²) in [6, 6.07) is 2.48. The zero-order valence-corrected chi connectivity index (χ0v) is 12.6. The molecule has 2 N–H and O–H groups in total. The van der Waals surface area contributed by atoms with Gasteiger partial charge in [-0.3, -0.25) is 0 Å². The van der Waals surface area contributed by atoms with E-state index in [2.05, 4.69) is 0 Å². The van der Waals surface area contributed by atoms with E-state index in [9.17, 15) is 12.8 Å². The van der Waals surface area contributed by atoms with Crippen LogP contribution in [0.2, 0.25) is 0 Å². The van der Waals surface area contributed by atoms with Gasteiger partial charge in [0.25, 0.3) is 0 Å². The van der Waals surface area contributed by atoms with Gasteiger partial charge in [-0.05, 0) is 48.4 Å². The van der Waals surface area contributed by atoms with Crippen LogP contribution < -0.4 is 5.14 Å². The normalized spacial score (nSPS) is 13.5. The Morgan fingerprint density at radius 3 is 2.42 bits per heavy atom. The Morgan fingerprint density at radius 1 is 1.32 bits per heavy atom. The summed E-state index contributed by atoms with van der Waals surface area (Å²) in [4.78, 5) is 0.0673. The van der Waals surface area contributed by atoms with Gasteiger partial charge in [0.2, 0.25) is 10.0 Å². The van der Waals surface area contributed by atoms with Crippen molar-refractivity contribution in [1.82, 2.24) is 0 Å². The molecule has 108 valence electrons. The molecule has 0 aliphatic carbocycles. The van der Waals surface area contributed by atoms with Crippen LogP contribution in [-0.2, 0) is 16.4 Å². The monoisotopic (exact) mass is 287 g/mol. The van der Waals surface area contributed by atoms with Crippen LogP contribution in [0.5, 0.6) is 0 Å². The van der Waals surface area contributed by atoms with Crippen LogP contribution >= 0.6 is 0 Å². The van der Waals surface area contributed by atoms with Crippen molar-refractivity contribution in [3.8, 4) is 0 Å². The second-order valence-corrected chi connectivity index (χ2v) is 6.43. The number of nitrogens with two attached hydrogens (primary N) is 1. The third kappa shape index (κ3) is 3.76. The van der Waals surface area contributed by atoms with Gasteiger partial charge in [-0.25, -0.2) is 17.9 Å². The van der Waals surface area contributed by atoms with Crippen LogP contribution in [0.15, 0.2) is 17.0 Å². The molecule has 0 aliphatic heterocycles. The maximum Gasteiger partial charge on any atom is 0.238 e. The minimum atomic E-state index is -3.81. The smallest absolute Gasteiger partial charge is 0.225 e. The molecule has 0 aliphatic rings. The molecule has 5 heteroatoms. The summed E-state index contributed by atoms with van der Waals surface area (Å²) in [6.45, 7) is 5.87. The average Bonchev–Trinajstić information content (AvgIpc) is 2.33. The zero-order chi connectivity index (χ0) is 14.6. The summed E-state index contributed by atoms with van der Waals surface area (Å²) < 4.78 is 37.3. The van der Waals surface area contributed by atoms with Crippen molar-refractivity contribution in [3.05, 3.63) is 29.1 Å². The van der Waals surface area contributed by atoms with Crippen LogP contribution in [0.4, 0.5) is 4.39 Å². The first-order valence-corrected chi connectivity index (χ1v) is 8.21. The Bertz CT molecular complexity index is 541. The number of halogens is 1. The molecule has 1 unspecified atom stereocenters. The maximum atomic E-state index is 14.0. The van der Waals surface area contributed by atoms with Gasteiger partial charge in [-0.15, -0.1) is 0 Å². The van der Waals surface area contributed by atoms with E-state index in [-0.39, 0.29) is 16.6 Å². The molecule has 1 rings (SSSR count). The van der Waals surface area contributed by atoms with Crippen molar-refractivity contribution >= 4 is 10.0 Å². The van der Waals surface area contributed by atoms with Crippen molar-refractivity contribution in [2.75, 3.05) is 0 Å². The summed E-state index contributed by atoms with van der Waals surface area (Å²) >= 11 is 0. The van der Waals surface area contributed by atoms with Crippen molar-refractivity contribution in [3.63, 3.8) is 0 Å². The van der Waals surface area contributed by atoms with Crippen LogP contribution in [-0.4, -0.2) is 8.42 Å². The van der Waals surface area contributed by atoms with E-state index >= 15 is 0 Å². The molecule has 19 heavy (non-hydrogen) atoms. The minimum absolute atomic E-state index is 0.0199. The molecule has 1 aromatic carbocycles. The molecule has 1 aromatic rings. The Balaban J connectivity index is 3.50. The Labute approximate surface area is 115 Å². The molecular weight excluding hydrogens is 265 g/mol. The first-order chi connectivity index (χ1) is 8.82. The number of hydrogen-bond acceptors (Lipinski definition) is 2. The molecule has 0 bridgehead atoms. The predicted molar refractivity (Wildman–Crippen MR) is 75.1 cm³/mol. The molecule has 0 saturated carbocycles. The fourth-order valence-electron chi connectivity index (χ4n) is 2.23. The Kier molecular flexibility index (Phi) is 5.50. The van der Waals surface area contributed by atoms with E-state index in [1.165, 1.54) is 12.1 Å². The van der Waals surface area contributed by atoms with E-state index in [0.717, 1.165) is 19.3 Å². The summed E-state index contributed by atoms with van der Waals surface area (Å²) in [6.07, 6.45) is 3.03. The van der Waals surface area contributed by atoms with E-state index in [4.69, 9.17) is 5.14 Å². The standard InChI is InChI=1S/C14H22FNO2S/c1-4-6-7-11-13(19(16,17)18)9-8-12(15)14(11)10(3)5-2/h8-10H,4-7H2,1-3H3,(H2,16,17,18). The highest BCUT2D eigenvalue weighted by Crippen LogP contribution is 2.31. The third-order valence-corrected chi connectivity index (χ3v) is 4.45. The average molecular weight is 287 g/mol. The lowest BCUT2D eigenvalue weighted by Crippen LogP contribution is -2.17. The Hall–Kier alpha value is -0.940. The van der Waals surface area contributed by atoms with E-state index in [1.807, 2.05) is 20.8 Å². The number of hydrogen-bond donors (Lipinski definition) is 1. The topological polar surface area (TPSA) is 60.2 Å². The van der Waals surface area contributed by atoms with Crippen molar-refractivity contribution in [2.45, 2.75) is 57.3 Å². The second kappa shape index (κ2) is 6.48. The van der Waals surface area contributed by atoms with Gasteiger partial charge in [0.1, 0.15) is 5.82 Å². The molecule has 0 aromatic heterocycles. The molecule has 0 heterocycles. The van der Waals surface area contributed by atoms with Gasteiger partial charge < -0.3 is 0 Å². The van der Waals surface area contributed by atoms with Crippen LogP contribution in [0.1, 0.15) is 57.1 Å². The molecule has 0 amide bonds. The van der Waals surface area contributed by atoms with Crippen molar-refractivity contribution in [2.24, 2.45) is 5.14 Å². The fraction of sp³-hybridized carbons (Fsp3) is 0.571. The quantitative estimate of drug-likeness (QED) is 0.872. The predicted octanol–water partition coefficient (Wildman–Crippen LogP) is 3.33. The SMILES string of the molecule is CCCCc1c(S(N)(=O)=O)ccc(F)c1C(C)CC. The van der Waals surface area contributed by atoms with Gasteiger partial charge in [0, 0.05) is 0 Å². The highest BCUT2D eigenvalue weighted by Gasteiger charge is 2.22. The van der Waals surface area contributed by atoms with Gasteiger partial charge in [-0.1, -0.05) is 27.2 Å². The summed E-state index contributed by atoms with van der Waals surface area (Å²) in [7, 11) is -3.81. The molecule has 3 nitrogen and oxygen atoms in total. The number of benzene rings is 1. The van der Waals surface area contributed by atoms with E-state index < -0.39 is 10.0 Å². The fourth-order valence-corrected chi connectivity index (χ4v) is 3.04. The van der Waals surface area contributed by atoms with Crippen molar-refractivity contribution in [1.29, 1.82) is 0 Å². The summed E-state index contributed by atoms with van der Waals surface area (Å²) in [5, 5.41) is 5.24. The van der Waals surface area contributed by atoms with E-state index in [0.29, 0.717) is 17.5 Å². The lowest BCUT2D eigenvalue weighted by atomic mass is 9.90. The first-order valence-electron chi connectivity index (χ1n) is 6.66. The third-order valence-electron chi connectivity index (χ3n) is 3.45. The summed E-state index contributed by atoms with van der Waals surface area (Å²) in [5.74, 6) is -0.360. The number of unbranched alkanes of at least 4 members (excludes halogenated alkanes) is 1. The Morgan fingerprint density at radius 2 is 1.95 bits per heavy atom. The van der Waals surface area contributed by atoms with Gasteiger partial charge in [-0.2, -0.15) is 0 Å². The molecular formula is C14H22FNO2S. The van der Waals surface area contributed by atoms with Crippen molar-refractivity contribution < 1.29 is 12.8 Å². The van der Waals surface area contributed by atoms with Gasteiger partial charge in [0.05, 0.1) is 4.90 Å². The van der Waals surface area contributed by atoms with Crippen LogP contribution in [0, 0.1) is 5.82 Å². The highest BCUT2D eigenvalue weighted by atomic mass is 32.2. The van der Waals surface area contributed by atoms with E-state index in [1.54, 1.807) is 0 Å². The number of sulfonamides is 1. The number of primary sulfonamides is 1. The largest absolute Gasteiger partial charge is 0.238 e. The molecule has 1 atom stereocenters. The second-order valence-electron chi connectivity index (χ2n) is 4.90. The lowest BCUT2D eigenvalue weighted by Gasteiger charge is -2.18.